The van der Waals surface area contributed by atoms with Crippen molar-refractivity contribution in [3.05, 3.63) is 39.4 Å². The minimum Gasteiger partial charge on any atom is -0.384 e. The molecule has 0 spiro atoms. The Kier molecular flexibility index (Phi) is 3.85. The molecule has 2 heterocycles. The van der Waals surface area contributed by atoms with Gasteiger partial charge in [0.05, 0.1) is 0 Å². The van der Waals surface area contributed by atoms with Gasteiger partial charge in [-0.3, -0.25) is 0 Å². The fraction of sp³-hybridized carbons (Fsp3) is 0.333. The third kappa shape index (κ3) is 3.19. The van der Waals surface area contributed by atoms with E-state index in [1.54, 1.807) is 31.3 Å². The highest BCUT2D eigenvalue weighted by Crippen LogP contribution is 2.23. The first-order valence-corrected chi connectivity index (χ1v) is 6.79. The summed E-state index contributed by atoms with van der Waals surface area (Å²) in [7, 11) is 0. The number of anilines is 1. The quantitative estimate of drug-likeness (QED) is 0.847. The number of rotatable bonds is 4. The molecule has 4 nitrogen and oxygen atoms in total. The molecule has 0 saturated heterocycles. The van der Waals surface area contributed by atoms with Crippen LogP contribution >= 0.6 is 22.9 Å². The van der Waals surface area contributed by atoms with Gasteiger partial charge in [0.1, 0.15) is 22.4 Å². The number of aryl methyl sites for hydroxylation is 1. The summed E-state index contributed by atoms with van der Waals surface area (Å²) in [6.45, 7) is 3.89. The van der Waals surface area contributed by atoms with E-state index in [2.05, 4.69) is 15.3 Å². The second kappa shape index (κ2) is 5.22. The van der Waals surface area contributed by atoms with E-state index >= 15 is 0 Å². The highest BCUT2D eigenvalue weighted by Gasteiger charge is 2.23. The second-order valence-electron chi connectivity index (χ2n) is 4.26. The number of aliphatic hydroxyl groups is 1. The summed E-state index contributed by atoms with van der Waals surface area (Å²) in [6, 6.07) is 3.54. The molecule has 0 aromatic carbocycles. The Bertz CT molecular complexity index is 508. The number of aromatic nitrogens is 2. The van der Waals surface area contributed by atoms with Crippen molar-refractivity contribution in [3.8, 4) is 0 Å². The summed E-state index contributed by atoms with van der Waals surface area (Å²) >= 11 is 7.41. The van der Waals surface area contributed by atoms with Crippen molar-refractivity contribution in [2.24, 2.45) is 0 Å². The molecule has 96 valence electrons. The summed E-state index contributed by atoms with van der Waals surface area (Å²) in [5, 5.41) is 17.7. The number of hydrogen-bond acceptors (Lipinski definition) is 5. The Balaban J connectivity index is 2.07. The lowest BCUT2D eigenvalue weighted by Crippen LogP contribution is -2.30. The van der Waals surface area contributed by atoms with Crippen molar-refractivity contribution in [2.45, 2.75) is 19.4 Å². The Morgan fingerprint density at radius 2 is 2.28 bits per heavy atom. The van der Waals surface area contributed by atoms with Crippen molar-refractivity contribution >= 4 is 28.8 Å². The number of nitrogens with zero attached hydrogens (tertiary/aromatic N) is 2. The molecule has 0 saturated carbocycles. The number of hydrogen-bond donors (Lipinski definition) is 2. The predicted octanol–water partition coefficient (Wildman–Crippen LogP) is 2.82. The molecule has 2 aromatic heterocycles. The van der Waals surface area contributed by atoms with E-state index < -0.39 is 5.60 Å². The van der Waals surface area contributed by atoms with Gasteiger partial charge in [0.15, 0.2) is 0 Å². The molecule has 0 bridgehead atoms. The van der Waals surface area contributed by atoms with Crippen molar-refractivity contribution in [1.29, 1.82) is 0 Å². The van der Waals surface area contributed by atoms with Gasteiger partial charge < -0.3 is 10.4 Å². The zero-order chi connectivity index (χ0) is 13.2. The summed E-state index contributed by atoms with van der Waals surface area (Å²) in [5.41, 5.74) is -0.0532. The SMILES string of the molecule is Cc1nc(Cl)cc(NCC(C)(O)c2ccsc2)n1. The van der Waals surface area contributed by atoms with Crippen LogP contribution in [0, 0.1) is 6.92 Å². The molecule has 0 amide bonds. The predicted molar refractivity (Wildman–Crippen MR) is 74.2 cm³/mol. The second-order valence-corrected chi connectivity index (χ2v) is 5.43. The maximum Gasteiger partial charge on any atom is 0.134 e. The Labute approximate surface area is 115 Å². The van der Waals surface area contributed by atoms with Crippen LogP contribution in [-0.2, 0) is 5.60 Å². The average Bonchev–Trinajstić information content (AvgIpc) is 2.79. The third-order valence-corrected chi connectivity index (χ3v) is 3.44. The van der Waals surface area contributed by atoms with Crippen LogP contribution in [0.1, 0.15) is 18.3 Å². The van der Waals surface area contributed by atoms with E-state index in [1.807, 2.05) is 16.8 Å². The minimum absolute atomic E-state index is 0.358. The molecule has 18 heavy (non-hydrogen) atoms. The van der Waals surface area contributed by atoms with Gasteiger partial charge in [-0.25, -0.2) is 9.97 Å². The third-order valence-electron chi connectivity index (χ3n) is 2.56. The van der Waals surface area contributed by atoms with Crippen LogP contribution in [0.25, 0.3) is 0 Å². The number of halogens is 1. The van der Waals surface area contributed by atoms with E-state index in [1.165, 1.54) is 0 Å². The lowest BCUT2D eigenvalue weighted by Gasteiger charge is -2.23. The molecule has 2 rings (SSSR count). The first-order chi connectivity index (χ1) is 8.47. The molecule has 0 aliphatic heterocycles. The zero-order valence-electron chi connectivity index (χ0n) is 10.1. The van der Waals surface area contributed by atoms with Crippen LogP contribution in [-0.4, -0.2) is 21.6 Å². The van der Waals surface area contributed by atoms with Gasteiger partial charge in [-0.05, 0) is 36.2 Å². The van der Waals surface area contributed by atoms with E-state index in [4.69, 9.17) is 11.6 Å². The highest BCUT2D eigenvalue weighted by molar-refractivity contribution is 7.08. The lowest BCUT2D eigenvalue weighted by atomic mass is 9.99. The number of nitrogens with one attached hydrogen (secondary N) is 1. The molecule has 1 atom stereocenters. The van der Waals surface area contributed by atoms with Gasteiger partial charge >= 0.3 is 0 Å². The Morgan fingerprint density at radius 3 is 2.89 bits per heavy atom. The van der Waals surface area contributed by atoms with Crippen LogP contribution in [0.2, 0.25) is 5.15 Å². The number of thiophene rings is 1. The van der Waals surface area contributed by atoms with Gasteiger partial charge in [-0.15, -0.1) is 0 Å². The standard InChI is InChI=1S/C12H14ClN3OS/c1-8-15-10(13)5-11(16-8)14-7-12(2,17)9-3-4-18-6-9/h3-6,17H,7H2,1-2H3,(H,14,15,16). The van der Waals surface area contributed by atoms with Gasteiger partial charge in [-0.2, -0.15) is 11.3 Å². The molecular formula is C12H14ClN3OS. The topological polar surface area (TPSA) is 58.0 Å². The van der Waals surface area contributed by atoms with E-state index in [0.29, 0.717) is 23.3 Å². The monoisotopic (exact) mass is 283 g/mol. The molecular weight excluding hydrogens is 270 g/mol. The fourth-order valence-electron chi connectivity index (χ4n) is 1.56. The molecule has 0 radical (unpaired) electrons. The largest absolute Gasteiger partial charge is 0.384 e. The molecule has 2 aromatic rings. The summed E-state index contributed by atoms with van der Waals surface area (Å²) in [6.07, 6.45) is 0. The van der Waals surface area contributed by atoms with E-state index in [0.717, 1.165) is 5.56 Å². The highest BCUT2D eigenvalue weighted by atomic mass is 35.5. The molecule has 1 unspecified atom stereocenters. The molecule has 0 aliphatic rings. The fourth-order valence-corrected chi connectivity index (χ4v) is 2.57. The van der Waals surface area contributed by atoms with Gasteiger partial charge in [-0.1, -0.05) is 11.6 Å². The van der Waals surface area contributed by atoms with Crippen molar-refractivity contribution < 1.29 is 5.11 Å². The Morgan fingerprint density at radius 1 is 1.50 bits per heavy atom. The molecule has 2 N–H and O–H groups in total. The zero-order valence-corrected chi connectivity index (χ0v) is 11.7. The van der Waals surface area contributed by atoms with Crippen molar-refractivity contribution in [1.82, 2.24) is 9.97 Å². The summed E-state index contributed by atoms with van der Waals surface area (Å²) < 4.78 is 0. The normalized spacial score (nSPS) is 14.2. The first kappa shape index (κ1) is 13.3. The Hall–Kier alpha value is -1.17. The smallest absolute Gasteiger partial charge is 0.134 e. The summed E-state index contributed by atoms with van der Waals surface area (Å²) in [4.78, 5) is 8.19. The van der Waals surface area contributed by atoms with Crippen LogP contribution in [0.5, 0.6) is 0 Å². The average molecular weight is 284 g/mol. The van der Waals surface area contributed by atoms with E-state index in [-0.39, 0.29) is 0 Å². The molecule has 6 heteroatoms. The minimum atomic E-state index is -0.939. The van der Waals surface area contributed by atoms with E-state index in [9.17, 15) is 5.11 Å². The maximum atomic E-state index is 10.3. The molecule has 0 fully saturated rings. The van der Waals surface area contributed by atoms with Crippen LogP contribution < -0.4 is 5.32 Å². The van der Waals surface area contributed by atoms with Gasteiger partial charge in [0, 0.05) is 12.6 Å². The van der Waals surface area contributed by atoms with Crippen molar-refractivity contribution in [2.75, 3.05) is 11.9 Å². The summed E-state index contributed by atoms with van der Waals surface area (Å²) in [5.74, 6) is 1.21. The van der Waals surface area contributed by atoms with Gasteiger partial charge in [0.25, 0.3) is 0 Å². The maximum absolute atomic E-state index is 10.3. The lowest BCUT2D eigenvalue weighted by molar-refractivity contribution is 0.0719. The van der Waals surface area contributed by atoms with Crippen molar-refractivity contribution in [3.63, 3.8) is 0 Å². The first-order valence-electron chi connectivity index (χ1n) is 5.47. The van der Waals surface area contributed by atoms with Gasteiger partial charge in [0.2, 0.25) is 0 Å². The van der Waals surface area contributed by atoms with Crippen LogP contribution in [0.3, 0.4) is 0 Å². The van der Waals surface area contributed by atoms with Crippen LogP contribution in [0.15, 0.2) is 22.9 Å². The molecule has 0 aliphatic carbocycles. The van der Waals surface area contributed by atoms with Crippen LogP contribution in [0.4, 0.5) is 5.82 Å².